The smallest absolute Gasteiger partial charge is 0.272 e. The number of carbonyl (C=O) groups excluding carboxylic acids is 1. The summed E-state index contributed by atoms with van der Waals surface area (Å²) in [7, 11) is 1.81. The molecular weight excluding hydrogens is 264 g/mol. The molecule has 1 fully saturated rings. The fourth-order valence-corrected chi connectivity index (χ4v) is 3.01. The monoisotopic (exact) mass is 284 g/mol. The highest BCUT2D eigenvalue weighted by molar-refractivity contribution is 5.92. The Bertz CT molecular complexity index is 608. The summed E-state index contributed by atoms with van der Waals surface area (Å²) < 4.78 is 1.65. The van der Waals surface area contributed by atoms with Crippen LogP contribution in [0, 0.1) is 5.92 Å². The fraction of sp³-hybridized carbons (Fsp3) is 0.438. The van der Waals surface area contributed by atoms with Crippen LogP contribution < -0.4 is 0 Å². The van der Waals surface area contributed by atoms with Gasteiger partial charge in [-0.2, -0.15) is 5.10 Å². The number of rotatable bonds is 3. The van der Waals surface area contributed by atoms with Crippen molar-refractivity contribution in [2.75, 3.05) is 13.1 Å². The summed E-state index contributed by atoms with van der Waals surface area (Å²) in [4.78, 5) is 18.7. The van der Waals surface area contributed by atoms with Gasteiger partial charge in [0.1, 0.15) is 5.69 Å². The van der Waals surface area contributed by atoms with E-state index in [9.17, 15) is 4.79 Å². The average Bonchev–Trinajstić information content (AvgIpc) is 2.94. The molecule has 0 N–H and O–H groups in total. The third-order valence-corrected chi connectivity index (χ3v) is 4.09. The largest absolute Gasteiger partial charge is 0.337 e. The Hall–Kier alpha value is -2.17. The van der Waals surface area contributed by atoms with Gasteiger partial charge in [0, 0.05) is 38.7 Å². The van der Waals surface area contributed by atoms with Crippen LogP contribution in [0.1, 0.15) is 28.9 Å². The van der Waals surface area contributed by atoms with Crippen molar-refractivity contribution in [3.63, 3.8) is 0 Å². The summed E-state index contributed by atoms with van der Waals surface area (Å²) in [5, 5.41) is 4.08. The van der Waals surface area contributed by atoms with Crippen molar-refractivity contribution in [1.29, 1.82) is 0 Å². The Kier molecular flexibility index (Phi) is 3.99. The van der Waals surface area contributed by atoms with Gasteiger partial charge in [-0.3, -0.25) is 14.5 Å². The lowest BCUT2D eigenvalue weighted by atomic mass is 9.92. The minimum atomic E-state index is 0.0888. The Morgan fingerprint density at radius 3 is 3.00 bits per heavy atom. The van der Waals surface area contributed by atoms with Gasteiger partial charge in [0.25, 0.3) is 5.91 Å². The van der Waals surface area contributed by atoms with E-state index in [0.29, 0.717) is 11.6 Å². The second kappa shape index (κ2) is 6.08. The fourth-order valence-electron chi connectivity index (χ4n) is 3.01. The number of amides is 1. The number of aromatic nitrogens is 3. The van der Waals surface area contributed by atoms with Crippen LogP contribution in [0.5, 0.6) is 0 Å². The maximum Gasteiger partial charge on any atom is 0.272 e. The van der Waals surface area contributed by atoms with Crippen LogP contribution in [0.4, 0.5) is 0 Å². The molecule has 3 rings (SSSR count). The highest BCUT2D eigenvalue weighted by Crippen LogP contribution is 2.21. The second-order valence-electron chi connectivity index (χ2n) is 5.66. The van der Waals surface area contributed by atoms with E-state index in [1.807, 2.05) is 24.2 Å². The van der Waals surface area contributed by atoms with E-state index in [2.05, 4.69) is 16.1 Å². The SMILES string of the molecule is Cn1nccc1C(=O)N1CCC[C@@H](Cc2cccnc2)C1. The third kappa shape index (κ3) is 3.12. The first-order valence-corrected chi connectivity index (χ1v) is 7.40. The summed E-state index contributed by atoms with van der Waals surface area (Å²) in [6.07, 6.45) is 8.61. The van der Waals surface area contributed by atoms with Crippen molar-refractivity contribution in [3.05, 3.63) is 48.0 Å². The minimum Gasteiger partial charge on any atom is -0.337 e. The summed E-state index contributed by atoms with van der Waals surface area (Å²) in [6, 6.07) is 5.86. The number of hydrogen-bond acceptors (Lipinski definition) is 3. The number of aryl methyl sites for hydroxylation is 1. The van der Waals surface area contributed by atoms with Gasteiger partial charge >= 0.3 is 0 Å². The van der Waals surface area contributed by atoms with Crippen LogP contribution >= 0.6 is 0 Å². The zero-order valence-corrected chi connectivity index (χ0v) is 12.3. The van der Waals surface area contributed by atoms with Gasteiger partial charge in [0.05, 0.1) is 0 Å². The second-order valence-corrected chi connectivity index (χ2v) is 5.66. The van der Waals surface area contributed by atoms with E-state index in [-0.39, 0.29) is 5.91 Å². The van der Waals surface area contributed by atoms with Crippen LogP contribution in [0.2, 0.25) is 0 Å². The summed E-state index contributed by atoms with van der Waals surface area (Å²) in [5.41, 5.74) is 1.91. The number of piperidine rings is 1. The Labute approximate surface area is 124 Å². The van der Waals surface area contributed by atoms with Crippen LogP contribution in [0.15, 0.2) is 36.8 Å². The number of carbonyl (C=O) groups is 1. The quantitative estimate of drug-likeness (QED) is 0.865. The van der Waals surface area contributed by atoms with Crippen molar-refractivity contribution in [3.8, 4) is 0 Å². The van der Waals surface area contributed by atoms with Crippen LogP contribution in [-0.2, 0) is 13.5 Å². The summed E-state index contributed by atoms with van der Waals surface area (Å²) in [6.45, 7) is 1.66. The first-order chi connectivity index (χ1) is 10.2. The van der Waals surface area contributed by atoms with Crippen molar-refractivity contribution in [2.24, 2.45) is 13.0 Å². The van der Waals surface area contributed by atoms with Gasteiger partial charge in [-0.05, 0) is 42.9 Å². The molecule has 2 aromatic rings. The molecule has 0 aliphatic carbocycles. The average molecular weight is 284 g/mol. The maximum atomic E-state index is 12.5. The number of pyridine rings is 1. The van der Waals surface area contributed by atoms with Gasteiger partial charge in [0.2, 0.25) is 0 Å². The zero-order chi connectivity index (χ0) is 14.7. The lowest BCUT2D eigenvalue weighted by molar-refractivity contribution is 0.0662. The van der Waals surface area contributed by atoms with Crippen LogP contribution in [-0.4, -0.2) is 38.7 Å². The highest BCUT2D eigenvalue weighted by atomic mass is 16.2. The molecule has 0 bridgehead atoms. The van der Waals surface area contributed by atoms with E-state index in [1.165, 1.54) is 12.0 Å². The van der Waals surface area contributed by atoms with Gasteiger partial charge in [0.15, 0.2) is 0 Å². The predicted molar refractivity (Wildman–Crippen MR) is 79.8 cm³/mol. The molecule has 1 aliphatic rings. The highest BCUT2D eigenvalue weighted by Gasteiger charge is 2.25. The van der Waals surface area contributed by atoms with Gasteiger partial charge in [-0.1, -0.05) is 6.07 Å². The van der Waals surface area contributed by atoms with E-state index in [4.69, 9.17) is 0 Å². The Morgan fingerprint density at radius 1 is 1.38 bits per heavy atom. The molecule has 0 saturated carbocycles. The number of likely N-dealkylation sites (tertiary alicyclic amines) is 1. The molecule has 5 nitrogen and oxygen atoms in total. The molecular formula is C16H20N4O. The van der Waals surface area contributed by atoms with Crippen LogP contribution in [0.3, 0.4) is 0 Å². The molecule has 0 spiro atoms. The minimum absolute atomic E-state index is 0.0888. The van der Waals surface area contributed by atoms with E-state index >= 15 is 0 Å². The molecule has 1 amide bonds. The molecule has 1 saturated heterocycles. The molecule has 1 atom stereocenters. The standard InChI is InChI=1S/C16H20N4O/c1-19-15(6-8-18-19)16(21)20-9-3-5-14(12-20)10-13-4-2-7-17-11-13/h2,4,6-8,11,14H,3,5,9-10,12H2,1H3/t14-/m0/s1. The van der Waals surface area contributed by atoms with Crippen molar-refractivity contribution in [2.45, 2.75) is 19.3 Å². The van der Waals surface area contributed by atoms with E-state index in [0.717, 1.165) is 25.9 Å². The van der Waals surface area contributed by atoms with Crippen molar-refractivity contribution >= 4 is 5.91 Å². The van der Waals surface area contributed by atoms with Gasteiger partial charge in [-0.15, -0.1) is 0 Å². The molecule has 0 aromatic carbocycles. The van der Waals surface area contributed by atoms with Crippen molar-refractivity contribution in [1.82, 2.24) is 19.7 Å². The van der Waals surface area contributed by atoms with Crippen molar-refractivity contribution < 1.29 is 4.79 Å². The molecule has 110 valence electrons. The Morgan fingerprint density at radius 2 is 2.29 bits per heavy atom. The lowest BCUT2D eigenvalue weighted by Crippen LogP contribution is -2.41. The normalized spacial score (nSPS) is 18.7. The molecule has 5 heteroatoms. The summed E-state index contributed by atoms with van der Waals surface area (Å²) >= 11 is 0. The molecule has 2 aromatic heterocycles. The molecule has 1 aliphatic heterocycles. The van der Waals surface area contributed by atoms with E-state index in [1.54, 1.807) is 23.1 Å². The van der Waals surface area contributed by atoms with E-state index < -0.39 is 0 Å². The van der Waals surface area contributed by atoms with Crippen LogP contribution in [0.25, 0.3) is 0 Å². The molecule has 21 heavy (non-hydrogen) atoms. The summed E-state index contributed by atoms with van der Waals surface area (Å²) in [5.74, 6) is 0.603. The Balaban J connectivity index is 1.66. The lowest BCUT2D eigenvalue weighted by Gasteiger charge is -2.32. The zero-order valence-electron chi connectivity index (χ0n) is 12.3. The molecule has 3 heterocycles. The number of hydrogen-bond donors (Lipinski definition) is 0. The predicted octanol–water partition coefficient (Wildman–Crippen LogP) is 1.91. The van der Waals surface area contributed by atoms with Gasteiger partial charge < -0.3 is 4.90 Å². The maximum absolute atomic E-state index is 12.5. The third-order valence-electron chi connectivity index (χ3n) is 4.09. The van der Waals surface area contributed by atoms with Gasteiger partial charge in [-0.25, -0.2) is 0 Å². The molecule has 0 radical (unpaired) electrons. The first-order valence-electron chi connectivity index (χ1n) is 7.40. The first kappa shape index (κ1) is 13.8. The number of nitrogens with zero attached hydrogens (tertiary/aromatic N) is 4. The topological polar surface area (TPSA) is 51.0 Å². The molecule has 0 unspecified atom stereocenters.